The van der Waals surface area contributed by atoms with Crippen molar-refractivity contribution in [2.45, 2.75) is 38.8 Å². The Morgan fingerprint density at radius 2 is 2.07 bits per heavy atom. The van der Waals surface area contributed by atoms with Gasteiger partial charge in [-0.2, -0.15) is 0 Å². The van der Waals surface area contributed by atoms with Gasteiger partial charge in [0, 0.05) is 23.5 Å². The maximum atomic E-state index is 13.1. The molecule has 1 aliphatic rings. The standard InChI is InChI=1S/C22H23N3O2S2/c1-2-6-17(22(27)25-11-9-18-16(14-25)10-12-28-18)24-20(26)19-13-23-21(29-19)15-7-4-3-5-8-15/h3-5,7-8,10,12-13,17H,2,6,9,11,14H2,1H3,(H,24,26). The van der Waals surface area contributed by atoms with Crippen molar-refractivity contribution in [2.75, 3.05) is 6.54 Å². The predicted octanol–water partition coefficient (Wildman–Crippen LogP) is 4.36. The Balaban J connectivity index is 1.45. The number of aromatic nitrogens is 1. The molecule has 0 bridgehead atoms. The number of benzene rings is 1. The van der Waals surface area contributed by atoms with Crippen LogP contribution < -0.4 is 5.32 Å². The Morgan fingerprint density at radius 3 is 2.86 bits per heavy atom. The molecule has 0 fully saturated rings. The molecule has 0 saturated carbocycles. The minimum atomic E-state index is -0.505. The molecule has 7 heteroatoms. The van der Waals surface area contributed by atoms with Crippen molar-refractivity contribution >= 4 is 34.5 Å². The summed E-state index contributed by atoms with van der Waals surface area (Å²) in [4.78, 5) is 34.1. The fraction of sp³-hybridized carbons (Fsp3) is 0.318. The van der Waals surface area contributed by atoms with Gasteiger partial charge in [0.15, 0.2) is 0 Å². The third kappa shape index (κ3) is 4.41. The van der Waals surface area contributed by atoms with Crippen LogP contribution >= 0.6 is 22.7 Å². The number of nitrogens with one attached hydrogen (secondary N) is 1. The van der Waals surface area contributed by atoms with E-state index in [0.29, 0.717) is 24.4 Å². The average molecular weight is 426 g/mol. The Bertz CT molecular complexity index is 996. The van der Waals surface area contributed by atoms with Crippen LogP contribution in [-0.4, -0.2) is 34.3 Å². The second-order valence-corrected chi connectivity index (χ2v) is 9.12. The summed E-state index contributed by atoms with van der Waals surface area (Å²) >= 11 is 3.10. The summed E-state index contributed by atoms with van der Waals surface area (Å²) in [7, 11) is 0. The zero-order chi connectivity index (χ0) is 20.2. The molecular weight excluding hydrogens is 402 g/mol. The third-order valence-electron chi connectivity index (χ3n) is 5.05. The molecule has 29 heavy (non-hydrogen) atoms. The summed E-state index contributed by atoms with van der Waals surface area (Å²) in [5.41, 5.74) is 2.21. The summed E-state index contributed by atoms with van der Waals surface area (Å²) in [6, 6.07) is 11.4. The lowest BCUT2D eigenvalue weighted by atomic mass is 10.1. The Labute approximate surface area is 178 Å². The van der Waals surface area contributed by atoms with Crippen molar-refractivity contribution in [1.82, 2.24) is 15.2 Å². The SMILES string of the molecule is CCCC(NC(=O)c1cnc(-c2ccccc2)s1)C(=O)N1CCc2sccc2C1. The molecule has 2 aromatic heterocycles. The van der Waals surface area contributed by atoms with Crippen molar-refractivity contribution in [3.8, 4) is 10.6 Å². The lowest BCUT2D eigenvalue weighted by Gasteiger charge is -2.30. The molecule has 1 unspecified atom stereocenters. The van der Waals surface area contributed by atoms with E-state index >= 15 is 0 Å². The van der Waals surface area contributed by atoms with E-state index in [2.05, 4.69) is 21.7 Å². The summed E-state index contributed by atoms with van der Waals surface area (Å²) in [5, 5.41) is 5.84. The second kappa shape index (κ2) is 8.88. The Hall–Kier alpha value is -2.51. The summed E-state index contributed by atoms with van der Waals surface area (Å²) in [6.45, 7) is 3.37. The lowest BCUT2D eigenvalue weighted by molar-refractivity contribution is -0.134. The Morgan fingerprint density at radius 1 is 1.24 bits per heavy atom. The highest BCUT2D eigenvalue weighted by Gasteiger charge is 2.29. The third-order valence-corrected chi connectivity index (χ3v) is 7.12. The summed E-state index contributed by atoms with van der Waals surface area (Å²) < 4.78 is 0. The van der Waals surface area contributed by atoms with Gasteiger partial charge >= 0.3 is 0 Å². The molecule has 2 amide bonds. The highest BCUT2D eigenvalue weighted by Crippen LogP contribution is 2.26. The van der Waals surface area contributed by atoms with Gasteiger partial charge in [-0.3, -0.25) is 9.59 Å². The van der Waals surface area contributed by atoms with Gasteiger partial charge < -0.3 is 10.2 Å². The van der Waals surface area contributed by atoms with Crippen LogP contribution in [0.1, 0.15) is 39.9 Å². The maximum absolute atomic E-state index is 13.1. The first-order valence-corrected chi connectivity index (χ1v) is 11.5. The van der Waals surface area contributed by atoms with E-state index in [-0.39, 0.29) is 11.8 Å². The lowest BCUT2D eigenvalue weighted by Crippen LogP contribution is -2.49. The minimum absolute atomic E-state index is 0.00449. The fourth-order valence-corrected chi connectivity index (χ4v) is 5.24. The topological polar surface area (TPSA) is 62.3 Å². The van der Waals surface area contributed by atoms with E-state index in [4.69, 9.17) is 0 Å². The maximum Gasteiger partial charge on any atom is 0.263 e. The number of nitrogens with zero attached hydrogens (tertiary/aromatic N) is 2. The highest BCUT2D eigenvalue weighted by molar-refractivity contribution is 7.16. The van der Waals surface area contributed by atoms with Crippen LogP contribution in [-0.2, 0) is 17.8 Å². The van der Waals surface area contributed by atoms with E-state index in [0.717, 1.165) is 23.4 Å². The number of amides is 2. The van der Waals surface area contributed by atoms with Gasteiger partial charge in [-0.15, -0.1) is 22.7 Å². The number of hydrogen-bond acceptors (Lipinski definition) is 5. The number of hydrogen-bond donors (Lipinski definition) is 1. The van der Waals surface area contributed by atoms with Gasteiger partial charge in [0.25, 0.3) is 5.91 Å². The molecule has 0 spiro atoms. The van der Waals surface area contributed by atoms with Crippen LogP contribution in [0.15, 0.2) is 48.0 Å². The molecule has 0 aliphatic carbocycles. The van der Waals surface area contributed by atoms with Crippen LogP contribution in [0.2, 0.25) is 0 Å². The van der Waals surface area contributed by atoms with E-state index in [1.165, 1.54) is 21.8 Å². The van der Waals surface area contributed by atoms with Gasteiger partial charge in [-0.25, -0.2) is 4.98 Å². The number of rotatable bonds is 6. The van der Waals surface area contributed by atoms with Crippen molar-refractivity contribution in [3.63, 3.8) is 0 Å². The highest BCUT2D eigenvalue weighted by atomic mass is 32.1. The first-order chi connectivity index (χ1) is 14.2. The van der Waals surface area contributed by atoms with E-state index in [9.17, 15) is 9.59 Å². The smallest absolute Gasteiger partial charge is 0.263 e. The van der Waals surface area contributed by atoms with Gasteiger partial charge in [0.1, 0.15) is 15.9 Å². The molecule has 3 aromatic rings. The van der Waals surface area contributed by atoms with Crippen molar-refractivity contribution in [2.24, 2.45) is 0 Å². The molecule has 150 valence electrons. The van der Waals surface area contributed by atoms with Crippen molar-refractivity contribution in [3.05, 3.63) is 63.3 Å². The normalized spacial score (nSPS) is 14.3. The molecule has 0 saturated heterocycles. The first-order valence-electron chi connectivity index (χ1n) is 9.82. The molecule has 1 aliphatic heterocycles. The van der Waals surface area contributed by atoms with Crippen LogP contribution in [0.25, 0.3) is 10.6 Å². The van der Waals surface area contributed by atoms with Crippen molar-refractivity contribution < 1.29 is 9.59 Å². The van der Waals surface area contributed by atoms with Gasteiger partial charge in [0.2, 0.25) is 5.91 Å². The molecule has 3 heterocycles. The van der Waals surface area contributed by atoms with E-state index in [1.807, 2.05) is 42.2 Å². The molecule has 0 radical (unpaired) electrons. The molecule has 1 N–H and O–H groups in total. The molecule has 4 rings (SSSR count). The van der Waals surface area contributed by atoms with Gasteiger partial charge in [-0.1, -0.05) is 43.7 Å². The number of carbonyl (C=O) groups is 2. The van der Waals surface area contributed by atoms with Crippen LogP contribution in [0.4, 0.5) is 0 Å². The number of thiazole rings is 1. The number of fused-ring (bicyclic) bond motifs is 1. The predicted molar refractivity (Wildman–Crippen MR) is 117 cm³/mol. The Kier molecular flexibility index (Phi) is 6.06. The summed E-state index contributed by atoms with van der Waals surface area (Å²) in [6.07, 6.45) is 3.93. The molecule has 5 nitrogen and oxygen atoms in total. The van der Waals surface area contributed by atoms with E-state index in [1.54, 1.807) is 17.5 Å². The van der Waals surface area contributed by atoms with Gasteiger partial charge in [0.05, 0.1) is 6.20 Å². The average Bonchev–Trinajstić information content (AvgIpc) is 3.42. The van der Waals surface area contributed by atoms with Crippen LogP contribution in [0, 0.1) is 0 Å². The number of thiophene rings is 1. The molecule has 1 aromatic carbocycles. The van der Waals surface area contributed by atoms with Crippen molar-refractivity contribution in [1.29, 1.82) is 0 Å². The summed E-state index contributed by atoms with van der Waals surface area (Å²) in [5.74, 6) is -0.227. The van der Waals surface area contributed by atoms with Gasteiger partial charge in [-0.05, 0) is 29.9 Å². The van der Waals surface area contributed by atoms with E-state index < -0.39 is 6.04 Å². The molecular formula is C22H23N3O2S2. The fourth-order valence-electron chi connectivity index (χ4n) is 3.53. The monoisotopic (exact) mass is 425 g/mol. The quantitative estimate of drug-likeness (QED) is 0.638. The zero-order valence-corrected chi connectivity index (χ0v) is 17.9. The minimum Gasteiger partial charge on any atom is -0.339 e. The zero-order valence-electron chi connectivity index (χ0n) is 16.3. The molecule has 1 atom stereocenters. The largest absolute Gasteiger partial charge is 0.339 e. The van der Waals surface area contributed by atoms with Crippen LogP contribution in [0.5, 0.6) is 0 Å². The number of carbonyl (C=O) groups excluding carboxylic acids is 2. The first kappa shape index (κ1) is 19.8. The second-order valence-electron chi connectivity index (χ2n) is 7.09. The van der Waals surface area contributed by atoms with Crippen LogP contribution in [0.3, 0.4) is 0 Å².